The van der Waals surface area contributed by atoms with Crippen molar-refractivity contribution in [2.45, 2.75) is 62.9 Å². The van der Waals surface area contributed by atoms with Crippen LogP contribution in [0.15, 0.2) is 30.9 Å². The van der Waals surface area contributed by atoms with Gasteiger partial charge in [0.25, 0.3) is 0 Å². The van der Waals surface area contributed by atoms with Crippen molar-refractivity contribution in [3.05, 3.63) is 57.0 Å². The molecule has 1 spiro atoms. The Morgan fingerprint density at radius 3 is 3.16 bits per heavy atom. The van der Waals surface area contributed by atoms with E-state index in [1.807, 2.05) is 23.0 Å². The van der Waals surface area contributed by atoms with Crippen LogP contribution < -0.4 is 5.32 Å². The molecule has 4 atom stereocenters. The number of hydrogen-bond donors (Lipinski definition) is 2. The third-order valence-electron chi connectivity index (χ3n) is 6.05. The number of fused-ring (bicyclic) bond motifs is 2. The van der Waals surface area contributed by atoms with Crippen LogP contribution in [0.3, 0.4) is 0 Å². The van der Waals surface area contributed by atoms with E-state index in [0.717, 1.165) is 54.1 Å². The van der Waals surface area contributed by atoms with Gasteiger partial charge in [0.1, 0.15) is 18.0 Å². The summed E-state index contributed by atoms with van der Waals surface area (Å²) in [5.41, 5.74) is 2.38. The molecule has 3 aromatic heterocycles. The molecule has 5 rings (SSSR count). The molecule has 8 nitrogen and oxygen atoms in total. The van der Waals surface area contributed by atoms with Crippen LogP contribution in [0.4, 0.5) is 0 Å². The maximum Gasteiger partial charge on any atom is 0.115 e. The van der Waals surface area contributed by atoms with Gasteiger partial charge in [-0.05, 0) is 38.3 Å². The molecule has 0 radical (unpaired) electrons. The number of nitrogens with one attached hydrogen (secondary N) is 1. The second-order valence-electron chi connectivity index (χ2n) is 8.40. The fraction of sp³-hybridized carbons (Fsp3) is 0.524. The van der Waals surface area contributed by atoms with Crippen molar-refractivity contribution in [1.29, 1.82) is 0 Å². The molecule has 0 amide bonds. The highest BCUT2D eigenvalue weighted by Gasteiger charge is 2.48. The molecule has 0 aromatic carbocycles. The Balaban J connectivity index is 1.31. The lowest BCUT2D eigenvalue weighted by atomic mass is 9.79. The second kappa shape index (κ2) is 8.55. The molecule has 2 aliphatic heterocycles. The Labute approximate surface area is 189 Å². The number of thiophene rings is 1. The van der Waals surface area contributed by atoms with E-state index in [2.05, 4.69) is 32.5 Å². The molecule has 0 aliphatic carbocycles. The largest absolute Gasteiger partial charge is 0.386 e. The van der Waals surface area contributed by atoms with Crippen molar-refractivity contribution in [1.82, 2.24) is 30.3 Å². The Morgan fingerprint density at radius 1 is 1.42 bits per heavy atom. The fourth-order valence-corrected chi connectivity index (χ4v) is 6.16. The van der Waals surface area contributed by atoms with Crippen LogP contribution in [0, 0.1) is 0 Å². The number of hydrogen-bond acceptors (Lipinski definition) is 8. The van der Waals surface area contributed by atoms with Crippen LogP contribution in [-0.2, 0) is 23.3 Å². The van der Waals surface area contributed by atoms with Gasteiger partial charge in [-0.3, -0.25) is 4.68 Å². The molecule has 164 valence electrons. The number of aliphatic hydroxyl groups excluding tert-OH is 1. The summed E-state index contributed by atoms with van der Waals surface area (Å²) in [6.07, 6.45) is 8.09. The van der Waals surface area contributed by atoms with Gasteiger partial charge in [-0.2, -0.15) is 0 Å². The zero-order valence-corrected chi connectivity index (χ0v) is 18.8. The number of aryl methyl sites for hydroxylation is 2. The van der Waals surface area contributed by atoms with Crippen molar-refractivity contribution >= 4 is 22.9 Å². The van der Waals surface area contributed by atoms with Crippen LogP contribution in [0.1, 0.15) is 60.2 Å². The normalized spacial score (nSPS) is 28.0. The van der Waals surface area contributed by atoms with Crippen molar-refractivity contribution in [2.75, 3.05) is 6.61 Å². The zero-order chi connectivity index (χ0) is 21.4. The lowest BCUT2D eigenvalue weighted by Gasteiger charge is -2.46. The van der Waals surface area contributed by atoms with Crippen molar-refractivity contribution in [3.8, 4) is 0 Å². The summed E-state index contributed by atoms with van der Waals surface area (Å²) in [6.45, 7) is 3.22. The van der Waals surface area contributed by atoms with Crippen molar-refractivity contribution in [3.63, 3.8) is 0 Å². The molecule has 0 bridgehead atoms. The number of piperidine rings is 1. The maximum absolute atomic E-state index is 10.4. The fourth-order valence-electron chi connectivity index (χ4n) is 4.70. The molecule has 1 saturated heterocycles. The third kappa shape index (κ3) is 4.25. The average molecular weight is 461 g/mol. The van der Waals surface area contributed by atoms with Gasteiger partial charge in [-0.25, -0.2) is 9.97 Å². The summed E-state index contributed by atoms with van der Waals surface area (Å²) in [5, 5.41) is 22.8. The second-order valence-corrected chi connectivity index (χ2v) is 10.1. The number of nitrogens with zero attached hydrogens (tertiary/aromatic N) is 5. The van der Waals surface area contributed by atoms with E-state index < -0.39 is 11.7 Å². The van der Waals surface area contributed by atoms with Gasteiger partial charge in [0.15, 0.2) is 0 Å². The SMILES string of the molecule is C[C@H]1C[C@@]2(C[C@@H](c3cn(CCCc4ccncn4)nn3)N1)OC[C@@H](O)c1cc(Cl)sc12. The van der Waals surface area contributed by atoms with Crippen molar-refractivity contribution < 1.29 is 9.84 Å². The van der Waals surface area contributed by atoms with Gasteiger partial charge in [0.2, 0.25) is 0 Å². The number of rotatable bonds is 5. The van der Waals surface area contributed by atoms with E-state index in [1.165, 1.54) is 11.3 Å². The van der Waals surface area contributed by atoms with Gasteiger partial charge in [-0.1, -0.05) is 16.8 Å². The molecular weight excluding hydrogens is 436 g/mol. The van der Waals surface area contributed by atoms with Gasteiger partial charge in [0.05, 0.1) is 28.9 Å². The number of halogens is 1. The minimum absolute atomic E-state index is 0.0170. The summed E-state index contributed by atoms with van der Waals surface area (Å²) in [7, 11) is 0. The number of aromatic nitrogens is 5. The first kappa shape index (κ1) is 21.0. The highest BCUT2D eigenvalue weighted by molar-refractivity contribution is 7.16. The van der Waals surface area contributed by atoms with Crippen LogP contribution in [0.25, 0.3) is 0 Å². The summed E-state index contributed by atoms with van der Waals surface area (Å²) in [6, 6.07) is 4.06. The Hall–Kier alpha value is -1.91. The molecule has 31 heavy (non-hydrogen) atoms. The first-order valence-corrected chi connectivity index (χ1v) is 11.7. The quantitative estimate of drug-likeness (QED) is 0.603. The van der Waals surface area contributed by atoms with Gasteiger partial charge >= 0.3 is 0 Å². The molecule has 2 aliphatic rings. The first-order valence-electron chi connectivity index (χ1n) is 10.5. The van der Waals surface area contributed by atoms with Crippen LogP contribution >= 0.6 is 22.9 Å². The van der Waals surface area contributed by atoms with E-state index in [4.69, 9.17) is 16.3 Å². The van der Waals surface area contributed by atoms with Crippen molar-refractivity contribution in [2.24, 2.45) is 0 Å². The highest BCUT2D eigenvalue weighted by Crippen LogP contribution is 2.51. The standard InChI is InChI=1S/C21H25ClN6O2S/c1-13-8-21(20-15(7-19(22)31-20)18(29)11-30-21)9-16(25-13)17-10-28(27-26-17)6-2-3-14-4-5-23-12-24-14/h4-5,7,10,12-13,16,18,25,29H,2-3,6,8-9,11H2,1H3/t13-,16-,18+,21-/m0/s1. The molecule has 1 fully saturated rings. The molecular formula is C21H25ClN6O2S. The van der Waals surface area contributed by atoms with Crippen LogP contribution in [0.2, 0.25) is 4.34 Å². The summed E-state index contributed by atoms with van der Waals surface area (Å²) in [5.74, 6) is 0. The minimum atomic E-state index is -0.622. The summed E-state index contributed by atoms with van der Waals surface area (Å²) < 4.78 is 8.87. The highest BCUT2D eigenvalue weighted by atomic mass is 35.5. The van der Waals surface area contributed by atoms with E-state index >= 15 is 0 Å². The van der Waals surface area contributed by atoms with Crippen LogP contribution in [0.5, 0.6) is 0 Å². The molecule has 10 heteroatoms. The topological polar surface area (TPSA) is 98.0 Å². The predicted molar refractivity (Wildman–Crippen MR) is 117 cm³/mol. The smallest absolute Gasteiger partial charge is 0.115 e. The number of aliphatic hydroxyl groups is 1. The Morgan fingerprint density at radius 2 is 2.32 bits per heavy atom. The monoisotopic (exact) mass is 460 g/mol. The Bertz CT molecular complexity index is 1040. The first-order chi connectivity index (χ1) is 15.0. The number of ether oxygens (including phenoxy) is 1. The minimum Gasteiger partial charge on any atom is -0.386 e. The molecule has 3 aromatic rings. The molecule has 2 N–H and O–H groups in total. The van der Waals surface area contributed by atoms with E-state index in [9.17, 15) is 5.11 Å². The Kier molecular flexibility index (Phi) is 5.78. The van der Waals surface area contributed by atoms with Gasteiger partial charge in [-0.15, -0.1) is 16.4 Å². The molecule has 5 heterocycles. The molecule has 0 unspecified atom stereocenters. The average Bonchev–Trinajstić information content (AvgIpc) is 3.39. The predicted octanol–water partition coefficient (Wildman–Crippen LogP) is 3.19. The van der Waals surface area contributed by atoms with Crippen LogP contribution in [-0.4, -0.2) is 42.7 Å². The lowest BCUT2D eigenvalue weighted by molar-refractivity contribution is -0.129. The van der Waals surface area contributed by atoms with E-state index in [-0.39, 0.29) is 18.7 Å². The lowest BCUT2D eigenvalue weighted by Crippen LogP contribution is -2.50. The van der Waals surface area contributed by atoms with E-state index in [0.29, 0.717) is 4.34 Å². The van der Waals surface area contributed by atoms with Gasteiger partial charge in [0, 0.05) is 41.3 Å². The summed E-state index contributed by atoms with van der Waals surface area (Å²) in [4.78, 5) is 9.26. The third-order valence-corrected chi connectivity index (χ3v) is 7.52. The summed E-state index contributed by atoms with van der Waals surface area (Å²) >= 11 is 7.82. The molecule has 0 saturated carbocycles. The van der Waals surface area contributed by atoms with Gasteiger partial charge < -0.3 is 15.2 Å². The maximum atomic E-state index is 10.4. The zero-order valence-electron chi connectivity index (χ0n) is 17.2. The van der Waals surface area contributed by atoms with E-state index in [1.54, 1.807) is 12.5 Å².